The van der Waals surface area contributed by atoms with Gasteiger partial charge in [-0.05, 0) is 42.5 Å². The highest BCUT2D eigenvalue weighted by atomic mass is 32.2. The smallest absolute Gasteiger partial charge is 0.362 e. The molecule has 0 saturated carbocycles. The minimum atomic E-state index is -3.44. The molecule has 3 aromatic rings. The van der Waals surface area contributed by atoms with Crippen LogP contribution in [-0.2, 0) is 9.84 Å². The van der Waals surface area contributed by atoms with E-state index in [1.54, 1.807) is 0 Å². The molecule has 0 atom stereocenters. The second kappa shape index (κ2) is 6.72. The average molecular weight is 375 g/mol. The Hall–Kier alpha value is -3.00. The first-order chi connectivity index (χ1) is 12.3. The standard InChI is InChI=1S/C18H14FNO5S/c1-2-26(23,24)13-7-8-17-14(9-13)20-15(18(22)25-17)10-16(21)11-3-5-12(19)6-4-11/h3-10,21H,2H2,1H3/b16-10-. The van der Waals surface area contributed by atoms with E-state index < -0.39 is 21.3 Å². The molecule has 1 heterocycles. The van der Waals surface area contributed by atoms with Crippen molar-refractivity contribution in [2.45, 2.75) is 11.8 Å². The predicted octanol–water partition coefficient (Wildman–Crippen LogP) is 3.18. The summed E-state index contributed by atoms with van der Waals surface area (Å²) in [7, 11) is -3.44. The van der Waals surface area contributed by atoms with Crippen LogP contribution < -0.4 is 5.63 Å². The Labute approximate surface area is 148 Å². The number of aliphatic hydroxyl groups is 1. The Morgan fingerprint density at radius 2 is 1.92 bits per heavy atom. The van der Waals surface area contributed by atoms with Gasteiger partial charge >= 0.3 is 5.63 Å². The van der Waals surface area contributed by atoms with Crippen molar-refractivity contribution in [1.29, 1.82) is 0 Å². The van der Waals surface area contributed by atoms with Gasteiger partial charge in [-0.1, -0.05) is 6.92 Å². The molecule has 26 heavy (non-hydrogen) atoms. The fraction of sp³-hybridized carbons (Fsp3) is 0.111. The maximum atomic E-state index is 13.0. The molecule has 8 heteroatoms. The summed E-state index contributed by atoms with van der Waals surface area (Å²) in [5.41, 5.74) is -0.418. The van der Waals surface area contributed by atoms with E-state index in [2.05, 4.69) is 4.98 Å². The molecule has 2 aromatic carbocycles. The van der Waals surface area contributed by atoms with Gasteiger partial charge < -0.3 is 9.52 Å². The summed E-state index contributed by atoms with van der Waals surface area (Å²) in [5, 5.41) is 10.1. The Morgan fingerprint density at radius 1 is 1.23 bits per heavy atom. The highest BCUT2D eigenvalue weighted by Crippen LogP contribution is 2.19. The Morgan fingerprint density at radius 3 is 2.58 bits per heavy atom. The van der Waals surface area contributed by atoms with Gasteiger partial charge in [-0.2, -0.15) is 0 Å². The Bertz CT molecular complexity index is 1160. The van der Waals surface area contributed by atoms with Gasteiger partial charge in [0, 0.05) is 11.6 Å². The zero-order chi connectivity index (χ0) is 18.9. The number of benzene rings is 2. The van der Waals surface area contributed by atoms with Crippen LogP contribution in [0.15, 0.2) is 56.6 Å². The van der Waals surface area contributed by atoms with Crippen molar-refractivity contribution in [2.24, 2.45) is 0 Å². The molecule has 0 aliphatic carbocycles. The van der Waals surface area contributed by atoms with E-state index in [0.29, 0.717) is 0 Å². The second-order valence-electron chi connectivity index (χ2n) is 5.46. The molecular weight excluding hydrogens is 361 g/mol. The number of fused-ring (bicyclic) bond motifs is 1. The van der Waals surface area contributed by atoms with Crippen molar-refractivity contribution in [3.05, 3.63) is 70.0 Å². The largest absolute Gasteiger partial charge is 0.507 e. The molecule has 0 fully saturated rings. The fourth-order valence-corrected chi connectivity index (χ4v) is 3.18. The molecule has 0 aliphatic rings. The summed E-state index contributed by atoms with van der Waals surface area (Å²) in [5.74, 6) is -0.844. The van der Waals surface area contributed by atoms with E-state index in [1.807, 2.05) is 0 Å². The monoisotopic (exact) mass is 375 g/mol. The van der Waals surface area contributed by atoms with Crippen molar-refractivity contribution in [3.63, 3.8) is 0 Å². The zero-order valence-electron chi connectivity index (χ0n) is 13.6. The van der Waals surface area contributed by atoms with E-state index in [0.717, 1.165) is 18.2 Å². The van der Waals surface area contributed by atoms with Crippen LogP contribution in [0.4, 0.5) is 4.39 Å². The van der Waals surface area contributed by atoms with Gasteiger partial charge in [0.05, 0.1) is 10.6 Å². The quantitative estimate of drug-likeness (QED) is 0.704. The summed E-state index contributed by atoms with van der Waals surface area (Å²) in [6.07, 6.45) is 1.08. The maximum absolute atomic E-state index is 13.0. The molecule has 0 amide bonds. The third-order valence-corrected chi connectivity index (χ3v) is 5.47. The van der Waals surface area contributed by atoms with Crippen molar-refractivity contribution >= 4 is 32.8 Å². The number of hydrogen-bond acceptors (Lipinski definition) is 6. The Balaban J connectivity index is 2.11. The molecule has 0 spiro atoms. The topological polar surface area (TPSA) is 97.5 Å². The van der Waals surface area contributed by atoms with Gasteiger partial charge in [0.2, 0.25) is 0 Å². The molecule has 0 radical (unpaired) electrons. The molecule has 1 aromatic heterocycles. The van der Waals surface area contributed by atoms with Crippen LogP contribution in [0.3, 0.4) is 0 Å². The molecule has 0 saturated heterocycles. The minimum absolute atomic E-state index is 0.0616. The summed E-state index contributed by atoms with van der Waals surface area (Å²) in [6.45, 7) is 1.52. The number of sulfone groups is 1. The second-order valence-corrected chi connectivity index (χ2v) is 7.73. The lowest BCUT2D eigenvalue weighted by atomic mass is 10.1. The van der Waals surface area contributed by atoms with Crippen molar-refractivity contribution < 1.29 is 22.3 Å². The van der Waals surface area contributed by atoms with E-state index in [9.17, 15) is 22.7 Å². The van der Waals surface area contributed by atoms with Crippen LogP contribution >= 0.6 is 0 Å². The third kappa shape index (κ3) is 3.50. The summed E-state index contributed by atoms with van der Waals surface area (Å²) in [4.78, 5) is 16.2. The number of nitrogens with zero attached hydrogens (tertiary/aromatic N) is 1. The van der Waals surface area contributed by atoms with Crippen LogP contribution in [-0.4, -0.2) is 24.3 Å². The van der Waals surface area contributed by atoms with Gasteiger partial charge in [0.15, 0.2) is 21.1 Å². The van der Waals surface area contributed by atoms with Crippen LogP contribution in [0.2, 0.25) is 0 Å². The molecule has 0 unspecified atom stereocenters. The van der Waals surface area contributed by atoms with Gasteiger partial charge in [-0.25, -0.2) is 22.6 Å². The highest BCUT2D eigenvalue weighted by Gasteiger charge is 2.14. The zero-order valence-corrected chi connectivity index (χ0v) is 14.5. The average Bonchev–Trinajstić information content (AvgIpc) is 2.62. The van der Waals surface area contributed by atoms with Crippen LogP contribution in [0.25, 0.3) is 22.9 Å². The number of aliphatic hydroxyl groups excluding tert-OH is 1. The number of rotatable bonds is 4. The van der Waals surface area contributed by atoms with Crippen molar-refractivity contribution in [3.8, 4) is 0 Å². The maximum Gasteiger partial charge on any atom is 0.362 e. The summed E-state index contributed by atoms with van der Waals surface area (Å²) < 4.78 is 42.0. The van der Waals surface area contributed by atoms with E-state index >= 15 is 0 Å². The SMILES string of the molecule is CCS(=O)(=O)c1ccc2oc(=O)c(/C=C(\O)c3ccc(F)cc3)nc2c1. The Kier molecular flexibility index (Phi) is 4.60. The minimum Gasteiger partial charge on any atom is -0.507 e. The van der Waals surface area contributed by atoms with Gasteiger partial charge in [0.1, 0.15) is 17.1 Å². The number of halogens is 1. The summed E-state index contributed by atoms with van der Waals surface area (Å²) >= 11 is 0. The molecule has 0 bridgehead atoms. The van der Waals surface area contributed by atoms with Gasteiger partial charge in [-0.3, -0.25) is 0 Å². The van der Waals surface area contributed by atoms with Crippen LogP contribution in [0.1, 0.15) is 18.2 Å². The van der Waals surface area contributed by atoms with Gasteiger partial charge in [-0.15, -0.1) is 0 Å². The molecule has 134 valence electrons. The first-order valence-corrected chi connectivity index (χ1v) is 9.29. The van der Waals surface area contributed by atoms with Gasteiger partial charge in [0.25, 0.3) is 0 Å². The predicted molar refractivity (Wildman–Crippen MR) is 94.9 cm³/mol. The molecule has 0 aliphatic heterocycles. The lowest BCUT2D eigenvalue weighted by Crippen LogP contribution is -2.08. The van der Waals surface area contributed by atoms with Crippen molar-refractivity contribution in [1.82, 2.24) is 4.98 Å². The van der Waals surface area contributed by atoms with Crippen LogP contribution in [0, 0.1) is 5.82 Å². The highest BCUT2D eigenvalue weighted by molar-refractivity contribution is 7.91. The molecule has 3 rings (SSSR count). The van der Waals surface area contributed by atoms with E-state index in [1.165, 1.54) is 37.3 Å². The third-order valence-electron chi connectivity index (χ3n) is 3.74. The lowest BCUT2D eigenvalue weighted by Gasteiger charge is -2.04. The number of aromatic nitrogens is 1. The van der Waals surface area contributed by atoms with E-state index in [4.69, 9.17) is 4.42 Å². The number of hydrogen-bond donors (Lipinski definition) is 1. The summed E-state index contributed by atoms with van der Waals surface area (Å²) in [6, 6.07) is 9.03. The molecule has 6 nitrogen and oxygen atoms in total. The van der Waals surface area contributed by atoms with Crippen molar-refractivity contribution in [2.75, 3.05) is 5.75 Å². The fourth-order valence-electron chi connectivity index (χ4n) is 2.28. The molecule has 1 N–H and O–H groups in total. The normalized spacial score (nSPS) is 12.5. The van der Waals surface area contributed by atoms with E-state index in [-0.39, 0.29) is 38.8 Å². The molecular formula is C18H14FNO5S. The first kappa shape index (κ1) is 17.8. The van der Waals surface area contributed by atoms with Crippen LogP contribution in [0.5, 0.6) is 0 Å². The lowest BCUT2D eigenvalue weighted by molar-refractivity contribution is 0.513. The first-order valence-electron chi connectivity index (χ1n) is 7.64.